The Labute approximate surface area is 82.7 Å². The van der Waals surface area contributed by atoms with Gasteiger partial charge in [-0.1, -0.05) is 0 Å². The van der Waals surface area contributed by atoms with Crippen LogP contribution in [0.4, 0.5) is 0 Å². The largest absolute Gasteiger partial charge is 0.388 e. The first-order valence-corrected chi connectivity index (χ1v) is 4.06. The number of hydrogen-bond acceptors (Lipinski definition) is 6. The van der Waals surface area contributed by atoms with E-state index in [1.807, 2.05) is 0 Å². The Morgan fingerprint density at radius 1 is 1.29 bits per heavy atom. The monoisotopic (exact) mass is 208 g/mol. The van der Waals surface area contributed by atoms with Crippen molar-refractivity contribution in [3.8, 4) is 0 Å². The number of aliphatic hydroxyl groups excluding tert-OH is 1. The van der Waals surface area contributed by atoms with E-state index in [9.17, 15) is 9.90 Å². The van der Waals surface area contributed by atoms with E-state index in [1.54, 1.807) is 0 Å². The minimum atomic E-state index is -1.02. The number of ether oxygens (including phenoxy) is 4. The molecule has 1 N–H and O–H groups in total. The summed E-state index contributed by atoms with van der Waals surface area (Å²) in [6, 6.07) is 0. The molecule has 0 aliphatic heterocycles. The van der Waals surface area contributed by atoms with Gasteiger partial charge >= 0.3 is 0 Å². The van der Waals surface area contributed by atoms with Gasteiger partial charge in [0.25, 0.3) is 0 Å². The standard InChI is InChI=1S/C8H16O6/c1-11-5-13-4-7(10)8(3-9)14-6-12-2/h3,7-8,10H,4-6H2,1-2H3/t7-,8+/m0/s1. The van der Waals surface area contributed by atoms with Crippen LogP contribution >= 0.6 is 0 Å². The summed E-state index contributed by atoms with van der Waals surface area (Å²) in [5.41, 5.74) is 0. The highest BCUT2D eigenvalue weighted by molar-refractivity contribution is 5.57. The SMILES string of the molecule is COCOC[C@H](O)[C@@H](C=O)OCOC. The van der Waals surface area contributed by atoms with Crippen LogP contribution in [0, 0.1) is 0 Å². The van der Waals surface area contributed by atoms with Crippen LogP contribution in [0.1, 0.15) is 0 Å². The molecule has 0 aliphatic carbocycles. The highest BCUT2D eigenvalue weighted by atomic mass is 16.7. The Balaban J connectivity index is 3.67. The second-order valence-corrected chi connectivity index (χ2v) is 2.52. The summed E-state index contributed by atoms with van der Waals surface area (Å²) in [5, 5.41) is 9.37. The lowest BCUT2D eigenvalue weighted by atomic mass is 10.2. The molecular formula is C8H16O6. The lowest BCUT2D eigenvalue weighted by molar-refractivity contribution is -0.151. The highest BCUT2D eigenvalue weighted by Gasteiger charge is 2.19. The minimum absolute atomic E-state index is 0.0268. The van der Waals surface area contributed by atoms with Gasteiger partial charge in [-0.3, -0.25) is 0 Å². The number of carbonyl (C=O) groups excluding carboxylic acids is 1. The molecule has 0 fully saturated rings. The van der Waals surface area contributed by atoms with Crippen LogP contribution < -0.4 is 0 Å². The minimum Gasteiger partial charge on any atom is -0.388 e. The van der Waals surface area contributed by atoms with Gasteiger partial charge in [-0.05, 0) is 0 Å². The zero-order chi connectivity index (χ0) is 10.8. The van der Waals surface area contributed by atoms with Gasteiger partial charge in [0.05, 0.1) is 6.61 Å². The van der Waals surface area contributed by atoms with Crippen molar-refractivity contribution in [1.82, 2.24) is 0 Å². The summed E-state index contributed by atoms with van der Waals surface area (Å²) in [7, 11) is 2.89. The molecular weight excluding hydrogens is 192 g/mol. The lowest BCUT2D eigenvalue weighted by Gasteiger charge is -2.17. The highest BCUT2D eigenvalue weighted by Crippen LogP contribution is 1.98. The molecule has 0 bridgehead atoms. The van der Waals surface area contributed by atoms with E-state index >= 15 is 0 Å². The molecule has 0 aromatic rings. The Bertz CT molecular complexity index is 140. The van der Waals surface area contributed by atoms with Crippen molar-refractivity contribution in [3.05, 3.63) is 0 Å². The van der Waals surface area contributed by atoms with Crippen molar-refractivity contribution in [3.63, 3.8) is 0 Å². The topological polar surface area (TPSA) is 74.2 Å². The van der Waals surface area contributed by atoms with Crippen LogP contribution in [0.3, 0.4) is 0 Å². The summed E-state index contributed by atoms with van der Waals surface area (Å²) in [6.45, 7) is -0.0153. The zero-order valence-corrected chi connectivity index (χ0v) is 8.34. The van der Waals surface area contributed by atoms with Crippen LogP contribution in [-0.4, -0.2) is 58.0 Å². The van der Waals surface area contributed by atoms with E-state index in [-0.39, 0.29) is 20.2 Å². The normalized spacial score (nSPS) is 15.1. The molecule has 84 valence electrons. The average molecular weight is 208 g/mol. The molecule has 6 nitrogen and oxygen atoms in total. The molecule has 0 rings (SSSR count). The summed E-state index contributed by atoms with van der Waals surface area (Å²) in [5.74, 6) is 0. The number of methoxy groups -OCH3 is 2. The summed E-state index contributed by atoms with van der Waals surface area (Å²) in [6.07, 6.45) is -1.45. The van der Waals surface area contributed by atoms with Gasteiger partial charge < -0.3 is 28.8 Å². The third-order valence-corrected chi connectivity index (χ3v) is 1.38. The summed E-state index contributed by atoms with van der Waals surface area (Å²) in [4.78, 5) is 10.5. The lowest BCUT2D eigenvalue weighted by Crippen LogP contribution is -2.35. The number of hydrogen-bond donors (Lipinski definition) is 1. The fourth-order valence-corrected chi connectivity index (χ4v) is 0.735. The molecule has 0 saturated carbocycles. The first-order chi connectivity index (χ1) is 6.76. The Kier molecular flexibility index (Phi) is 8.70. The van der Waals surface area contributed by atoms with Crippen LogP contribution in [0.2, 0.25) is 0 Å². The number of carbonyl (C=O) groups is 1. The third kappa shape index (κ3) is 6.01. The fourth-order valence-electron chi connectivity index (χ4n) is 0.735. The Hall–Kier alpha value is -0.530. The van der Waals surface area contributed by atoms with Gasteiger partial charge in [0.1, 0.15) is 25.8 Å². The van der Waals surface area contributed by atoms with Gasteiger partial charge in [-0.15, -0.1) is 0 Å². The Morgan fingerprint density at radius 2 is 1.93 bits per heavy atom. The Morgan fingerprint density at radius 3 is 2.43 bits per heavy atom. The quantitative estimate of drug-likeness (QED) is 0.302. The molecule has 0 aromatic carbocycles. The van der Waals surface area contributed by atoms with Gasteiger partial charge in [0, 0.05) is 14.2 Å². The van der Waals surface area contributed by atoms with E-state index in [0.717, 1.165) is 0 Å². The molecule has 0 aliphatic rings. The van der Waals surface area contributed by atoms with Crippen molar-refractivity contribution in [2.24, 2.45) is 0 Å². The van der Waals surface area contributed by atoms with E-state index in [2.05, 4.69) is 9.47 Å². The van der Waals surface area contributed by atoms with Crippen LogP contribution in [0.15, 0.2) is 0 Å². The van der Waals surface area contributed by atoms with E-state index in [1.165, 1.54) is 14.2 Å². The van der Waals surface area contributed by atoms with E-state index in [4.69, 9.17) is 9.47 Å². The van der Waals surface area contributed by atoms with Gasteiger partial charge in [-0.25, -0.2) is 0 Å². The maximum Gasteiger partial charge on any atom is 0.151 e. The number of aldehydes is 1. The van der Waals surface area contributed by atoms with Crippen molar-refractivity contribution < 1.29 is 28.8 Å². The first-order valence-electron chi connectivity index (χ1n) is 4.06. The molecule has 0 saturated heterocycles. The van der Waals surface area contributed by atoms with Crippen LogP contribution in [-0.2, 0) is 23.7 Å². The predicted octanol–water partition coefficient (Wildman–Crippen LogP) is -0.844. The first kappa shape index (κ1) is 13.5. The molecule has 14 heavy (non-hydrogen) atoms. The maximum absolute atomic E-state index is 10.5. The second kappa shape index (κ2) is 9.04. The van der Waals surface area contributed by atoms with Crippen LogP contribution in [0.25, 0.3) is 0 Å². The average Bonchev–Trinajstić information content (AvgIpc) is 2.19. The fraction of sp³-hybridized carbons (Fsp3) is 0.875. The number of rotatable bonds is 9. The molecule has 0 amide bonds. The molecule has 0 spiro atoms. The zero-order valence-electron chi connectivity index (χ0n) is 8.34. The third-order valence-electron chi connectivity index (χ3n) is 1.38. The van der Waals surface area contributed by atoms with Crippen molar-refractivity contribution >= 4 is 6.29 Å². The van der Waals surface area contributed by atoms with Crippen molar-refractivity contribution in [1.29, 1.82) is 0 Å². The molecule has 2 atom stereocenters. The van der Waals surface area contributed by atoms with Crippen molar-refractivity contribution in [2.75, 3.05) is 34.4 Å². The molecule has 6 heteroatoms. The van der Waals surface area contributed by atoms with Gasteiger partial charge in [-0.2, -0.15) is 0 Å². The molecule has 0 radical (unpaired) electrons. The molecule has 0 unspecified atom stereocenters. The molecule has 0 aromatic heterocycles. The van der Waals surface area contributed by atoms with Crippen molar-refractivity contribution in [2.45, 2.75) is 12.2 Å². The maximum atomic E-state index is 10.5. The molecule has 0 heterocycles. The van der Waals surface area contributed by atoms with E-state index in [0.29, 0.717) is 6.29 Å². The van der Waals surface area contributed by atoms with Crippen LogP contribution in [0.5, 0.6) is 0 Å². The number of aliphatic hydroxyl groups is 1. The van der Waals surface area contributed by atoms with Gasteiger partial charge in [0.15, 0.2) is 6.29 Å². The smallest absolute Gasteiger partial charge is 0.151 e. The van der Waals surface area contributed by atoms with E-state index < -0.39 is 12.2 Å². The van der Waals surface area contributed by atoms with Gasteiger partial charge in [0.2, 0.25) is 0 Å². The summed E-state index contributed by atoms with van der Waals surface area (Å²) >= 11 is 0. The predicted molar refractivity (Wildman–Crippen MR) is 46.6 cm³/mol. The second-order valence-electron chi connectivity index (χ2n) is 2.52. The summed E-state index contributed by atoms with van der Waals surface area (Å²) < 4.78 is 18.9.